The number of benzene rings is 1. The van der Waals surface area contributed by atoms with Crippen LogP contribution in [0.1, 0.15) is 24.6 Å². The van der Waals surface area contributed by atoms with Crippen molar-refractivity contribution in [2.75, 3.05) is 13.1 Å². The van der Waals surface area contributed by atoms with Gasteiger partial charge in [-0.2, -0.15) is 5.10 Å². The number of nitrogens with one attached hydrogen (secondary N) is 1. The number of hydrogen-bond acceptors (Lipinski definition) is 3. The van der Waals surface area contributed by atoms with Gasteiger partial charge in [-0.05, 0) is 56.6 Å². The molecule has 4 heterocycles. The van der Waals surface area contributed by atoms with Gasteiger partial charge in [0.2, 0.25) is 0 Å². The maximum atomic E-state index is 14.8. The molecule has 1 aliphatic rings. The van der Waals surface area contributed by atoms with E-state index in [-0.39, 0.29) is 18.2 Å². The number of piperidine rings is 1. The minimum Gasteiger partial charge on any atom is -0.317 e. The Morgan fingerprint density at radius 1 is 1.11 bits per heavy atom. The summed E-state index contributed by atoms with van der Waals surface area (Å²) in [4.78, 5) is 4.41. The largest absolute Gasteiger partial charge is 0.317 e. The molecule has 1 aliphatic heterocycles. The molecule has 0 unspecified atom stereocenters. The second-order valence-electron chi connectivity index (χ2n) is 7.18. The molecule has 8 heteroatoms. The van der Waals surface area contributed by atoms with Crippen molar-refractivity contribution < 1.29 is 4.39 Å². The fourth-order valence-corrected chi connectivity index (χ4v) is 4.13. The van der Waals surface area contributed by atoms with E-state index in [0.717, 1.165) is 48.1 Å². The molecule has 5 rings (SSSR count). The standard InChI is InChI=1S/C20H19ClFN5.ClH/c1-12-9-26-10-14(7-17(21)20(26)24-12)13-6-15-11-27(16-2-4-23-5-3-16)25-19(15)18(22)8-13;/h6-11,16,23H,2-5H2,1H3;1H. The van der Waals surface area contributed by atoms with E-state index in [1.54, 1.807) is 0 Å². The lowest BCUT2D eigenvalue weighted by Gasteiger charge is -2.22. The molecule has 0 amide bonds. The first-order chi connectivity index (χ1) is 13.1. The predicted molar refractivity (Wildman–Crippen MR) is 112 cm³/mol. The first-order valence-corrected chi connectivity index (χ1v) is 9.50. The van der Waals surface area contributed by atoms with Gasteiger partial charge >= 0.3 is 0 Å². The SMILES string of the molecule is Cc1cn2cc(-c3cc(F)c4nn(C5CCNCC5)cc4c3)cc(Cl)c2n1.Cl. The maximum Gasteiger partial charge on any atom is 0.155 e. The van der Waals surface area contributed by atoms with E-state index >= 15 is 0 Å². The molecular formula is C20H20Cl2FN5. The van der Waals surface area contributed by atoms with Crippen molar-refractivity contribution in [2.45, 2.75) is 25.8 Å². The Hall–Kier alpha value is -2.15. The number of pyridine rings is 1. The van der Waals surface area contributed by atoms with E-state index in [9.17, 15) is 4.39 Å². The third-order valence-corrected chi connectivity index (χ3v) is 5.50. The van der Waals surface area contributed by atoms with Crippen molar-refractivity contribution in [3.63, 3.8) is 0 Å². The molecular weight excluding hydrogens is 400 g/mol. The second-order valence-corrected chi connectivity index (χ2v) is 7.58. The minimum absolute atomic E-state index is 0. The Labute approximate surface area is 172 Å². The van der Waals surface area contributed by atoms with Crippen molar-refractivity contribution >= 4 is 40.6 Å². The molecule has 146 valence electrons. The number of halogens is 3. The fourth-order valence-electron chi connectivity index (χ4n) is 3.87. The normalized spacial score (nSPS) is 15.2. The van der Waals surface area contributed by atoms with E-state index in [4.69, 9.17) is 11.6 Å². The highest BCUT2D eigenvalue weighted by Crippen LogP contribution is 2.31. The van der Waals surface area contributed by atoms with Gasteiger partial charge in [-0.3, -0.25) is 4.68 Å². The van der Waals surface area contributed by atoms with Crippen LogP contribution in [0.2, 0.25) is 5.02 Å². The summed E-state index contributed by atoms with van der Waals surface area (Å²) >= 11 is 6.39. The average molecular weight is 420 g/mol. The van der Waals surface area contributed by atoms with Crippen LogP contribution < -0.4 is 5.32 Å². The summed E-state index contributed by atoms with van der Waals surface area (Å²) in [7, 11) is 0. The van der Waals surface area contributed by atoms with Gasteiger partial charge in [0.05, 0.1) is 16.8 Å². The molecule has 0 saturated carbocycles. The number of rotatable bonds is 2. The Balaban J connectivity index is 0.00000192. The van der Waals surface area contributed by atoms with Gasteiger partial charge in [0, 0.05) is 29.5 Å². The van der Waals surface area contributed by atoms with Crippen molar-refractivity contribution in [2.24, 2.45) is 0 Å². The van der Waals surface area contributed by atoms with Crippen LogP contribution >= 0.6 is 24.0 Å². The lowest BCUT2D eigenvalue weighted by molar-refractivity contribution is 0.344. The summed E-state index contributed by atoms with van der Waals surface area (Å²) in [6.45, 7) is 3.86. The highest BCUT2D eigenvalue weighted by atomic mass is 35.5. The van der Waals surface area contributed by atoms with E-state index in [2.05, 4.69) is 15.4 Å². The number of nitrogens with zero attached hydrogens (tertiary/aromatic N) is 4. The van der Waals surface area contributed by atoms with Crippen molar-refractivity contribution in [3.8, 4) is 11.1 Å². The van der Waals surface area contributed by atoms with Crippen LogP contribution in [-0.2, 0) is 0 Å². The van der Waals surface area contributed by atoms with Gasteiger partial charge in [0.15, 0.2) is 11.5 Å². The molecule has 28 heavy (non-hydrogen) atoms. The predicted octanol–water partition coefficient (Wildman–Crippen LogP) is 4.80. The zero-order valence-corrected chi connectivity index (χ0v) is 16.9. The number of hydrogen-bond donors (Lipinski definition) is 1. The van der Waals surface area contributed by atoms with E-state index in [1.807, 2.05) is 46.7 Å². The molecule has 3 aromatic heterocycles. The van der Waals surface area contributed by atoms with Gasteiger partial charge in [0.25, 0.3) is 0 Å². The third-order valence-electron chi connectivity index (χ3n) is 5.22. The number of fused-ring (bicyclic) bond motifs is 2. The van der Waals surface area contributed by atoms with Gasteiger partial charge < -0.3 is 9.72 Å². The molecule has 0 bridgehead atoms. The van der Waals surface area contributed by atoms with Gasteiger partial charge in [-0.25, -0.2) is 9.37 Å². The summed E-state index contributed by atoms with van der Waals surface area (Å²) in [6.07, 6.45) is 7.82. The maximum absolute atomic E-state index is 14.8. The summed E-state index contributed by atoms with van der Waals surface area (Å²) in [5.41, 5.74) is 3.64. The molecule has 5 nitrogen and oxygen atoms in total. The summed E-state index contributed by atoms with van der Waals surface area (Å²) in [5, 5.41) is 9.22. The molecule has 0 aliphatic carbocycles. The van der Waals surface area contributed by atoms with Crippen LogP contribution in [0, 0.1) is 12.7 Å². The molecule has 0 radical (unpaired) electrons. The topological polar surface area (TPSA) is 47.1 Å². The second kappa shape index (κ2) is 7.35. The first kappa shape index (κ1) is 19.2. The van der Waals surface area contributed by atoms with E-state index in [1.165, 1.54) is 6.07 Å². The number of aryl methyl sites for hydroxylation is 1. The van der Waals surface area contributed by atoms with Crippen LogP contribution in [0.5, 0.6) is 0 Å². The monoisotopic (exact) mass is 419 g/mol. The Morgan fingerprint density at radius 3 is 2.68 bits per heavy atom. The smallest absolute Gasteiger partial charge is 0.155 e. The van der Waals surface area contributed by atoms with Crippen LogP contribution in [-0.4, -0.2) is 32.3 Å². The van der Waals surface area contributed by atoms with Crippen LogP contribution in [0.25, 0.3) is 27.7 Å². The first-order valence-electron chi connectivity index (χ1n) is 9.13. The summed E-state index contributed by atoms with van der Waals surface area (Å²) in [6, 6.07) is 5.66. The zero-order chi connectivity index (χ0) is 18.5. The van der Waals surface area contributed by atoms with Crippen molar-refractivity contribution in [1.29, 1.82) is 0 Å². The van der Waals surface area contributed by atoms with Crippen molar-refractivity contribution in [1.82, 2.24) is 24.5 Å². The molecule has 1 aromatic carbocycles. The fraction of sp³-hybridized carbons (Fsp3) is 0.300. The van der Waals surface area contributed by atoms with Gasteiger partial charge in [-0.1, -0.05) is 11.6 Å². The third kappa shape index (κ3) is 3.26. The summed E-state index contributed by atoms with van der Waals surface area (Å²) < 4.78 is 18.6. The van der Waals surface area contributed by atoms with E-state index in [0.29, 0.717) is 22.2 Å². The Morgan fingerprint density at radius 2 is 1.89 bits per heavy atom. The molecule has 1 fully saturated rings. The Bertz CT molecular complexity index is 1160. The molecule has 0 spiro atoms. The van der Waals surface area contributed by atoms with Crippen LogP contribution in [0.3, 0.4) is 0 Å². The lowest BCUT2D eigenvalue weighted by atomic mass is 10.1. The van der Waals surface area contributed by atoms with E-state index < -0.39 is 0 Å². The van der Waals surface area contributed by atoms with Gasteiger partial charge in [0.1, 0.15) is 5.52 Å². The van der Waals surface area contributed by atoms with Crippen LogP contribution in [0.15, 0.2) is 36.8 Å². The molecule has 1 N–H and O–H groups in total. The average Bonchev–Trinajstić information content (AvgIpc) is 3.26. The van der Waals surface area contributed by atoms with Gasteiger partial charge in [-0.15, -0.1) is 12.4 Å². The number of imidazole rings is 1. The molecule has 4 aromatic rings. The van der Waals surface area contributed by atoms with Crippen molar-refractivity contribution in [3.05, 3.63) is 53.3 Å². The summed E-state index contributed by atoms with van der Waals surface area (Å²) in [5.74, 6) is -0.312. The van der Waals surface area contributed by atoms with Crippen LogP contribution in [0.4, 0.5) is 4.39 Å². The highest BCUT2D eigenvalue weighted by molar-refractivity contribution is 6.33. The number of aromatic nitrogens is 4. The Kier molecular flexibility index (Phi) is 5.04. The molecule has 0 atom stereocenters. The zero-order valence-electron chi connectivity index (χ0n) is 15.3. The lowest BCUT2D eigenvalue weighted by Crippen LogP contribution is -2.29. The molecule has 1 saturated heterocycles. The minimum atomic E-state index is -0.312. The highest BCUT2D eigenvalue weighted by Gasteiger charge is 2.18. The quantitative estimate of drug-likeness (QED) is 0.507.